The van der Waals surface area contributed by atoms with E-state index in [0.717, 1.165) is 0 Å². The molecule has 0 aliphatic rings. The first-order valence-electron chi connectivity index (χ1n) is 32.8. The van der Waals surface area contributed by atoms with E-state index in [1.54, 1.807) is 61.8 Å². The Morgan fingerprint density at radius 3 is 0.743 bits per heavy atom. The number of halogens is 1. The number of benzene rings is 14. The van der Waals surface area contributed by atoms with E-state index in [4.69, 9.17) is 21.1 Å². The fraction of sp³-hybridized carbons (Fsp3) is 0.0110. The van der Waals surface area contributed by atoms with Crippen molar-refractivity contribution >= 4 is 107 Å². The molecule has 0 amide bonds. The molecule has 1 aromatic heterocycles. The molecule has 10 heteroatoms. The number of ether oxygens (including phenoxy) is 2. The summed E-state index contributed by atoms with van der Waals surface area (Å²) in [6, 6.07) is 147. The van der Waals surface area contributed by atoms with Crippen molar-refractivity contribution in [1.29, 1.82) is 5.26 Å². The summed E-state index contributed by atoms with van der Waals surface area (Å²) in [6.45, 7) is 0. The Balaban J connectivity index is 0.000000136. The van der Waals surface area contributed by atoms with Crippen LogP contribution in [-0.4, -0.2) is 12.1 Å². The Kier molecular flexibility index (Phi) is 29.4. The van der Waals surface area contributed by atoms with Crippen molar-refractivity contribution in [3.8, 4) is 34.6 Å². The van der Waals surface area contributed by atoms with E-state index in [2.05, 4.69) is 375 Å². The average Bonchev–Trinajstić information content (AvgIpc) is 0.836. The molecule has 0 radical (unpaired) electrons. The van der Waals surface area contributed by atoms with Crippen LogP contribution < -0.4 is 73.1 Å². The van der Waals surface area contributed by atoms with Gasteiger partial charge in [0.2, 0.25) is 0 Å². The average molecular weight is 1490 g/mol. The Hall–Kier alpha value is -10.0. The van der Waals surface area contributed by atoms with E-state index in [1.165, 1.54) is 63.7 Å². The molecule has 101 heavy (non-hydrogen) atoms. The molecule has 0 unspecified atom stereocenters. The van der Waals surface area contributed by atoms with Gasteiger partial charge >= 0.3 is 0 Å². The summed E-state index contributed by atoms with van der Waals surface area (Å²) in [6.07, 6.45) is 1.67. The molecule has 0 aliphatic carbocycles. The Morgan fingerprint density at radius 2 is 0.525 bits per heavy atom. The van der Waals surface area contributed by atoms with Crippen LogP contribution in [0.4, 0.5) is 0 Å². The van der Waals surface area contributed by atoms with Gasteiger partial charge in [-0.05, 0) is 150 Å². The number of pyridine rings is 1. The predicted molar refractivity (Wildman–Crippen MR) is 433 cm³/mol. The standard InChI is InChI=1S/C19H13ClN2O2.4C18H15P.Pd/c1-23-18-3-2-10-22-19(18)16-11-13(12-21)4-9-17(16)24-15-7-5-14(20)6-8-15;4*1-4-10-16(11-5-1)19(17-12-6-2-7-13-17)18-14-8-3-9-15-18;/h2-11H,1H3;4*1-15H;. The van der Waals surface area contributed by atoms with Gasteiger partial charge < -0.3 is 9.47 Å². The Labute approximate surface area is 619 Å². The molecule has 0 saturated heterocycles. The van der Waals surface area contributed by atoms with Crippen molar-refractivity contribution in [2.45, 2.75) is 0 Å². The molecule has 0 fully saturated rings. The van der Waals surface area contributed by atoms with Gasteiger partial charge in [-0.1, -0.05) is 376 Å². The van der Waals surface area contributed by atoms with Crippen LogP contribution in [0.2, 0.25) is 5.02 Å². The molecule has 0 bridgehead atoms. The van der Waals surface area contributed by atoms with Crippen LogP contribution in [0.5, 0.6) is 17.2 Å². The van der Waals surface area contributed by atoms with Gasteiger partial charge in [-0.2, -0.15) is 5.26 Å². The first-order valence-corrected chi connectivity index (χ1v) is 38.5. The van der Waals surface area contributed by atoms with Crippen LogP contribution in [0, 0.1) is 11.3 Å². The first kappa shape index (κ1) is 73.7. The summed E-state index contributed by atoms with van der Waals surface area (Å²) < 4.78 is 11.3. The van der Waals surface area contributed by atoms with Crippen molar-refractivity contribution in [2.75, 3.05) is 7.11 Å². The summed E-state index contributed by atoms with van der Waals surface area (Å²) in [5.41, 5.74) is 1.81. The molecule has 15 aromatic rings. The van der Waals surface area contributed by atoms with Crippen LogP contribution in [0.15, 0.2) is 425 Å². The second-order valence-corrected chi connectivity index (χ2v) is 31.6. The Morgan fingerprint density at radius 1 is 0.287 bits per heavy atom. The number of nitriles is 1. The topological polar surface area (TPSA) is 55.1 Å². The maximum Gasteiger partial charge on any atom is 0.145 e. The number of hydrogen-bond acceptors (Lipinski definition) is 4. The maximum absolute atomic E-state index is 9.19. The quantitative estimate of drug-likeness (QED) is 0.0715. The van der Waals surface area contributed by atoms with Gasteiger partial charge in [-0.25, -0.2) is 0 Å². The smallest absolute Gasteiger partial charge is 0.145 e. The third-order valence-electron chi connectivity index (χ3n) is 15.6. The third-order valence-corrected chi connectivity index (χ3v) is 25.6. The van der Waals surface area contributed by atoms with Gasteiger partial charge in [0.15, 0.2) is 0 Å². The molecule has 15 rings (SSSR count). The van der Waals surface area contributed by atoms with E-state index < -0.39 is 31.7 Å². The molecule has 14 aromatic carbocycles. The van der Waals surface area contributed by atoms with Crippen molar-refractivity contribution in [3.05, 3.63) is 435 Å². The zero-order valence-electron chi connectivity index (χ0n) is 55.6. The summed E-state index contributed by atoms with van der Waals surface area (Å²) in [5, 5.41) is 26.6. The maximum atomic E-state index is 9.19. The van der Waals surface area contributed by atoms with Crippen molar-refractivity contribution in [1.82, 2.24) is 4.98 Å². The van der Waals surface area contributed by atoms with Crippen LogP contribution in [0.3, 0.4) is 0 Å². The van der Waals surface area contributed by atoms with E-state index in [1.807, 2.05) is 6.07 Å². The van der Waals surface area contributed by atoms with E-state index in [-0.39, 0.29) is 20.4 Å². The van der Waals surface area contributed by atoms with Gasteiger partial charge in [-0.3, -0.25) is 4.98 Å². The van der Waals surface area contributed by atoms with Gasteiger partial charge in [0.25, 0.3) is 0 Å². The molecule has 4 nitrogen and oxygen atoms in total. The predicted octanol–water partition coefficient (Wildman–Crippen LogP) is 18.9. The molecule has 0 saturated carbocycles. The van der Waals surface area contributed by atoms with Crippen molar-refractivity contribution in [3.63, 3.8) is 0 Å². The van der Waals surface area contributed by atoms with E-state index in [0.29, 0.717) is 39.1 Å². The number of hydrogen-bond donors (Lipinski definition) is 0. The van der Waals surface area contributed by atoms with Crippen molar-refractivity contribution < 1.29 is 29.9 Å². The van der Waals surface area contributed by atoms with Gasteiger partial charge in [0, 0.05) is 37.2 Å². The second-order valence-electron chi connectivity index (χ2n) is 22.3. The normalized spacial score (nSPS) is 10.3. The monoisotopic (exact) mass is 1490 g/mol. The fourth-order valence-electron chi connectivity index (χ4n) is 11.0. The summed E-state index contributed by atoms with van der Waals surface area (Å²) >= 11 is 5.90. The summed E-state index contributed by atoms with van der Waals surface area (Å²) in [7, 11) is -0.206. The van der Waals surface area contributed by atoms with Crippen LogP contribution in [-0.2, 0) is 20.4 Å². The largest absolute Gasteiger partial charge is 0.494 e. The minimum atomic E-state index is -0.446. The summed E-state index contributed by atoms with van der Waals surface area (Å²) in [5.74, 6) is 1.82. The number of rotatable bonds is 16. The van der Waals surface area contributed by atoms with Gasteiger partial charge in [-0.15, -0.1) is 0 Å². The van der Waals surface area contributed by atoms with Crippen LogP contribution >= 0.6 is 43.3 Å². The molecule has 1 heterocycles. The molecular weight excluding hydrogens is 1420 g/mol. The number of aromatic nitrogens is 1. The van der Waals surface area contributed by atoms with Gasteiger partial charge in [0.05, 0.1) is 18.7 Å². The zero-order valence-corrected chi connectivity index (χ0v) is 61.5. The van der Waals surface area contributed by atoms with Crippen LogP contribution in [0.25, 0.3) is 11.3 Å². The van der Waals surface area contributed by atoms with E-state index in [9.17, 15) is 5.26 Å². The SMILES string of the molecule is COc1cccnc1-c1cc(C#N)ccc1Oc1ccc(Cl)cc1.[Pd].c1ccc(P(c2ccccc2)c2ccccc2)cc1.c1ccc(P(c2ccccc2)c2ccccc2)cc1.c1ccc(P(c2ccccc2)c2ccccc2)cc1.c1ccc(P(c2ccccc2)c2ccccc2)cc1. The zero-order chi connectivity index (χ0) is 68.6. The molecule has 0 atom stereocenters. The minimum Gasteiger partial charge on any atom is -0.494 e. The molecule has 0 aliphatic heterocycles. The fourth-order valence-corrected chi connectivity index (χ4v) is 20.3. The molecular formula is C91H73ClN2O2P4Pd. The Bertz CT molecular complexity index is 3990. The third kappa shape index (κ3) is 21.5. The number of methoxy groups -OCH3 is 1. The molecule has 0 N–H and O–H groups in total. The number of nitrogens with zero attached hydrogens (tertiary/aromatic N) is 2. The molecule has 496 valence electrons. The van der Waals surface area contributed by atoms with Gasteiger partial charge in [0.1, 0.15) is 22.9 Å². The van der Waals surface area contributed by atoms with Crippen molar-refractivity contribution in [2.24, 2.45) is 0 Å². The van der Waals surface area contributed by atoms with E-state index >= 15 is 0 Å². The molecule has 0 spiro atoms. The first-order chi connectivity index (χ1) is 49.5. The van der Waals surface area contributed by atoms with Crippen LogP contribution in [0.1, 0.15) is 5.56 Å². The minimum absolute atomic E-state index is 0. The second kappa shape index (κ2) is 40.3. The summed E-state index contributed by atoms with van der Waals surface area (Å²) in [4.78, 5) is 4.38.